The van der Waals surface area contributed by atoms with Crippen molar-refractivity contribution in [2.24, 2.45) is 11.8 Å². The molecule has 0 aliphatic heterocycles. The maximum absolute atomic E-state index is 13.4. The number of carboxylic acids is 1. The van der Waals surface area contributed by atoms with Gasteiger partial charge in [0.2, 0.25) is 0 Å². The molecular weight excluding hydrogens is 429 g/mol. The Morgan fingerprint density at radius 3 is 2.03 bits per heavy atom. The number of hydrogen-bond acceptors (Lipinski definition) is 5. The summed E-state index contributed by atoms with van der Waals surface area (Å²) in [6, 6.07) is 12.8. The second-order valence-corrected chi connectivity index (χ2v) is 8.11. The lowest BCUT2D eigenvalue weighted by Crippen LogP contribution is -2.30. The lowest BCUT2D eigenvalue weighted by Gasteiger charge is -2.29. The smallest absolute Gasteiger partial charge is 0.418 e. The van der Waals surface area contributed by atoms with Crippen LogP contribution in [0.1, 0.15) is 32.6 Å². The number of aliphatic carboxylic acids is 1. The van der Waals surface area contributed by atoms with Gasteiger partial charge < -0.3 is 19.3 Å². The fraction of sp³-hybridized carbons (Fsp3) is 0.440. The molecule has 33 heavy (non-hydrogen) atoms. The van der Waals surface area contributed by atoms with Gasteiger partial charge in [-0.05, 0) is 93.0 Å². The summed E-state index contributed by atoms with van der Waals surface area (Å²) < 4.78 is 29.8. The van der Waals surface area contributed by atoms with Crippen molar-refractivity contribution < 1.29 is 33.3 Å². The number of nitrogens with zero attached hydrogens (tertiary/aromatic N) is 1. The molecule has 1 saturated carbocycles. The molecule has 0 unspecified atom stereocenters. The molecule has 0 heterocycles. The fourth-order valence-corrected chi connectivity index (χ4v) is 3.94. The van der Waals surface area contributed by atoms with E-state index in [1.54, 1.807) is 24.3 Å². The van der Waals surface area contributed by atoms with Crippen molar-refractivity contribution >= 4 is 23.4 Å². The molecule has 1 aliphatic rings. The topological polar surface area (TPSA) is 85.3 Å². The summed E-state index contributed by atoms with van der Waals surface area (Å²) in [4.78, 5) is 25.0. The Kier molecular flexibility index (Phi) is 9.06. The third-order valence-corrected chi connectivity index (χ3v) is 5.66. The number of amides is 1. The summed E-state index contributed by atoms with van der Waals surface area (Å²) in [7, 11) is 0. The molecule has 1 aliphatic carbocycles. The molecule has 0 radical (unpaired) electrons. The van der Waals surface area contributed by atoms with Crippen molar-refractivity contribution in [3.05, 3.63) is 54.3 Å². The first kappa shape index (κ1) is 24.5. The molecule has 2 aromatic rings. The van der Waals surface area contributed by atoms with Crippen molar-refractivity contribution in [2.45, 2.75) is 32.6 Å². The Morgan fingerprint density at radius 2 is 1.48 bits per heavy atom. The van der Waals surface area contributed by atoms with Gasteiger partial charge in [0.1, 0.15) is 18.2 Å². The first-order valence-electron chi connectivity index (χ1n) is 11.2. The van der Waals surface area contributed by atoms with Crippen molar-refractivity contribution in [1.29, 1.82) is 0 Å². The highest BCUT2D eigenvalue weighted by atomic mass is 19.1. The van der Waals surface area contributed by atoms with Gasteiger partial charge in [-0.15, -0.1) is 0 Å². The monoisotopic (exact) mass is 459 g/mol. The molecule has 0 bridgehead atoms. The van der Waals surface area contributed by atoms with Gasteiger partial charge in [0, 0.05) is 0 Å². The van der Waals surface area contributed by atoms with Gasteiger partial charge in [-0.2, -0.15) is 0 Å². The van der Waals surface area contributed by atoms with Crippen molar-refractivity contribution in [3.8, 4) is 5.75 Å². The second-order valence-electron chi connectivity index (χ2n) is 8.11. The normalized spacial score (nSPS) is 17.9. The molecule has 7 nitrogen and oxygen atoms in total. The van der Waals surface area contributed by atoms with Gasteiger partial charge in [-0.3, -0.25) is 0 Å². The zero-order valence-corrected chi connectivity index (χ0v) is 18.7. The van der Waals surface area contributed by atoms with E-state index >= 15 is 0 Å². The zero-order valence-electron chi connectivity index (χ0n) is 18.7. The first-order chi connectivity index (χ1) is 16.0. The lowest BCUT2D eigenvalue weighted by molar-refractivity contribution is -0.142. The van der Waals surface area contributed by atoms with E-state index in [1.807, 2.05) is 6.92 Å². The van der Waals surface area contributed by atoms with Crippen LogP contribution in [0.4, 0.5) is 20.6 Å². The highest BCUT2D eigenvalue weighted by molar-refractivity contribution is 5.96. The highest BCUT2D eigenvalue weighted by Gasteiger charge is 2.25. The summed E-state index contributed by atoms with van der Waals surface area (Å²) in [6.45, 7) is 2.89. The van der Waals surface area contributed by atoms with E-state index in [2.05, 4.69) is 0 Å². The zero-order chi connectivity index (χ0) is 23.6. The quantitative estimate of drug-likeness (QED) is 0.512. The van der Waals surface area contributed by atoms with E-state index in [9.17, 15) is 14.0 Å². The number of carboxylic acid groups (broad SMARTS) is 1. The molecule has 2 aromatic carbocycles. The molecular formula is C25H30FNO6. The molecule has 0 spiro atoms. The Morgan fingerprint density at radius 1 is 0.939 bits per heavy atom. The summed E-state index contributed by atoms with van der Waals surface area (Å²) in [5.41, 5.74) is 1.10. The number of halogens is 1. The number of carbonyl (C=O) groups excluding carboxylic acids is 1. The van der Waals surface area contributed by atoms with Crippen LogP contribution in [0.15, 0.2) is 48.5 Å². The Labute approximate surface area is 193 Å². The number of hydrogen-bond donors (Lipinski definition) is 1. The first-order valence-corrected chi connectivity index (χ1v) is 11.2. The van der Waals surface area contributed by atoms with Crippen LogP contribution >= 0.6 is 0 Å². The van der Waals surface area contributed by atoms with Gasteiger partial charge in [-0.1, -0.05) is 0 Å². The number of carbonyl (C=O) groups is 2. The van der Waals surface area contributed by atoms with Crippen molar-refractivity contribution in [1.82, 2.24) is 0 Å². The van der Waals surface area contributed by atoms with Gasteiger partial charge in [0.25, 0.3) is 0 Å². The van der Waals surface area contributed by atoms with Crippen LogP contribution in [0.3, 0.4) is 0 Å². The van der Waals surface area contributed by atoms with Crippen LogP contribution in [0.5, 0.6) is 5.75 Å². The summed E-state index contributed by atoms with van der Waals surface area (Å²) in [6.07, 6.45) is 3.05. The van der Waals surface area contributed by atoms with Crippen LogP contribution in [-0.2, 0) is 14.3 Å². The number of benzene rings is 2. The van der Waals surface area contributed by atoms with E-state index in [0.29, 0.717) is 36.3 Å². The standard InChI is InChI=1S/C25H30FNO6/c1-2-32-23-13-11-22(12-14-23)27(21-9-7-20(26)8-10-21)25(30)33-16-19-5-3-18(4-6-19)15-31-17-24(28)29/h7-14,18-19H,2-6,15-17H2,1H3,(H,28,29)/t18-,19-. The molecule has 1 amide bonds. The molecule has 3 rings (SSSR count). The third-order valence-electron chi connectivity index (χ3n) is 5.66. The fourth-order valence-electron chi connectivity index (χ4n) is 3.94. The molecule has 0 aromatic heterocycles. The van der Waals surface area contributed by atoms with Crippen LogP contribution in [0.25, 0.3) is 0 Å². The van der Waals surface area contributed by atoms with Crippen molar-refractivity contribution in [3.63, 3.8) is 0 Å². The van der Waals surface area contributed by atoms with Crippen LogP contribution in [0, 0.1) is 17.7 Å². The number of ether oxygens (including phenoxy) is 3. The third kappa shape index (κ3) is 7.46. The molecule has 8 heteroatoms. The maximum atomic E-state index is 13.4. The minimum absolute atomic E-state index is 0.236. The van der Waals surface area contributed by atoms with Crippen molar-refractivity contribution in [2.75, 3.05) is 31.3 Å². The van der Waals surface area contributed by atoms with E-state index in [4.69, 9.17) is 19.3 Å². The predicted octanol–water partition coefficient (Wildman–Crippen LogP) is 5.41. The lowest BCUT2D eigenvalue weighted by atomic mass is 9.83. The highest BCUT2D eigenvalue weighted by Crippen LogP contribution is 2.31. The Hall–Kier alpha value is -3.13. The number of anilines is 2. The molecule has 0 saturated heterocycles. The van der Waals surface area contributed by atoms with Gasteiger partial charge in [-0.25, -0.2) is 18.9 Å². The minimum atomic E-state index is -0.964. The van der Waals surface area contributed by atoms with Gasteiger partial charge in [0.05, 0.1) is 31.2 Å². The Bertz CT molecular complexity index is 894. The van der Waals surface area contributed by atoms with E-state index in [1.165, 1.54) is 29.2 Å². The summed E-state index contributed by atoms with van der Waals surface area (Å²) in [5, 5.41) is 8.67. The average molecular weight is 460 g/mol. The molecule has 1 fully saturated rings. The van der Waals surface area contributed by atoms with Crippen LogP contribution < -0.4 is 9.64 Å². The summed E-state index contributed by atoms with van der Waals surface area (Å²) in [5.74, 6) is -0.0922. The van der Waals surface area contributed by atoms with Crippen LogP contribution in [0.2, 0.25) is 0 Å². The molecule has 178 valence electrons. The van der Waals surface area contributed by atoms with Crippen LogP contribution in [-0.4, -0.2) is 43.6 Å². The number of rotatable bonds is 10. The molecule has 0 atom stereocenters. The molecule has 1 N–H and O–H groups in total. The van der Waals surface area contributed by atoms with E-state index < -0.39 is 12.1 Å². The van der Waals surface area contributed by atoms with E-state index in [0.717, 1.165) is 25.7 Å². The second kappa shape index (κ2) is 12.2. The minimum Gasteiger partial charge on any atom is -0.494 e. The average Bonchev–Trinajstić information content (AvgIpc) is 2.81. The van der Waals surface area contributed by atoms with Gasteiger partial charge >= 0.3 is 12.1 Å². The maximum Gasteiger partial charge on any atom is 0.418 e. The summed E-state index contributed by atoms with van der Waals surface area (Å²) >= 11 is 0. The van der Waals surface area contributed by atoms with Gasteiger partial charge in [0.15, 0.2) is 0 Å². The van der Waals surface area contributed by atoms with E-state index in [-0.39, 0.29) is 24.9 Å². The largest absolute Gasteiger partial charge is 0.494 e. The predicted molar refractivity (Wildman–Crippen MR) is 121 cm³/mol. The SMILES string of the molecule is CCOc1ccc(N(C(=O)OC[C@H]2CC[C@H](COCC(=O)O)CC2)c2ccc(F)cc2)cc1. The Balaban J connectivity index is 1.59.